The molecule has 0 saturated carbocycles. The van der Waals surface area contributed by atoms with Gasteiger partial charge < -0.3 is 15.2 Å². The monoisotopic (exact) mass is 436 g/mol. The number of halogens is 1. The van der Waals surface area contributed by atoms with E-state index in [1.54, 1.807) is 14.0 Å². The molecule has 2 atom stereocenters. The fraction of sp³-hybridized carbons (Fsp3) is 0.591. The van der Waals surface area contributed by atoms with Crippen LogP contribution in [0.3, 0.4) is 0 Å². The summed E-state index contributed by atoms with van der Waals surface area (Å²) >= 11 is 0. The molecule has 0 bridgehead atoms. The quantitative estimate of drug-likeness (QED) is 0.630. The Morgan fingerprint density at radius 3 is 2.39 bits per heavy atom. The Kier molecular flexibility index (Phi) is 8.00. The number of aromatic nitrogens is 3. The van der Waals surface area contributed by atoms with Crippen molar-refractivity contribution in [2.24, 2.45) is 13.0 Å². The van der Waals surface area contributed by atoms with Gasteiger partial charge in [0.25, 0.3) is 5.91 Å². The van der Waals surface area contributed by atoms with E-state index in [4.69, 9.17) is 4.74 Å². The smallest absolute Gasteiger partial charge is 0.350 e. The Morgan fingerprint density at radius 1 is 1.23 bits per heavy atom. The molecule has 1 amide bonds. The number of hydrogen-bond acceptors (Lipinski definition) is 5. The van der Waals surface area contributed by atoms with Crippen molar-refractivity contribution in [2.75, 3.05) is 6.61 Å². The van der Waals surface area contributed by atoms with Crippen LogP contribution in [-0.4, -0.2) is 44.1 Å². The van der Waals surface area contributed by atoms with Gasteiger partial charge in [-0.3, -0.25) is 9.36 Å². The molecule has 8 nitrogen and oxygen atoms in total. The molecule has 172 valence electrons. The Bertz CT molecular complexity index is 981. The minimum Gasteiger partial charge on any atom is -0.490 e. The van der Waals surface area contributed by atoms with E-state index in [1.807, 2.05) is 34.6 Å². The molecule has 1 heterocycles. The van der Waals surface area contributed by atoms with Gasteiger partial charge in [-0.25, -0.2) is 9.18 Å². The highest BCUT2D eigenvalue weighted by Crippen LogP contribution is 2.27. The van der Waals surface area contributed by atoms with Crippen molar-refractivity contribution in [1.82, 2.24) is 19.7 Å². The van der Waals surface area contributed by atoms with Gasteiger partial charge in [-0.05, 0) is 32.3 Å². The molecule has 1 aromatic carbocycles. The first-order chi connectivity index (χ1) is 14.5. The fourth-order valence-corrected chi connectivity index (χ4v) is 3.37. The predicted octanol–water partition coefficient (Wildman–Crippen LogP) is 2.76. The number of nitrogens with one attached hydrogen (secondary N) is 1. The molecule has 0 spiro atoms. The molecule has 0 fully saturated rings. The van der Waals surface area contributed by atoms with Crippen LogP contribution in [0.25, 0.3) is 5.69 Å². The van der Waals surface area contributed by atoms with Crippen LogP contribution in [0.15, 0.2) is 16.9 Å². The van der Waals surface area contributed by atoms with E-state index in [9.17, 15) is 14.7 Å². The largest absolute Gasteiger partial charge is 0.490 e. The fourth-order valence-electron chi connectivity index (χ4n) is 3.37. The number of aliphatic hydroxyl groups is 1. The lowest BCUT2D eigenvalue weighted by atomic mass is 10.1. The summed E-state index contributed by atoms with van der Waals surface area (Å²) in [4.78, 5) is 25.4. The second-order valence-corrected chi connectivity index (χ2v) is 8.68. The van der Waals surface area contributed by atoms with Crippen molar-refractivity contribution in [1.29, 1.82) is 0 Å². The van der Waals surface area contributed by atoms with E-state index in [0.717, 1.165) is 17.2 Å². The molecule has 9 heteroatoms. The number of benzene rings is 1. The van der Waals surface area contributed by atoms with Crippen LogP contribution in [-0.2, 0) is 7.05 Å². The molecule has 2 N–H and O–H groups in total. The van der Waals surface area contributed by atoms with Gasteiger partial charge in [0.2, 0.25) is 0 Å². The van der Waals surface area contributed by atoms with Gasteiger partial charge in [0, 0.05) is 25.1 Å². The van der Waals surface area contributed by atoms with Gasteiger partial charge >= 0.3 is 5.69 Å². The Balaban J connectivity index is 2.60. The number of ether oxygens (including phenoxy) is 1. The number of hydrogen-bond donors (Lipinski definition) is 2. The summed E-state index contributed by atoms with van der Waals surface area (Å²) in [5.41, 5.74) is -0.592. The van der Waals surface area contributed by atoms with E-state index in [-0.39, 0.29) is 35.6 Å². The van der Waals surface area contributed by atoms with Crippen molar-refractivity contribution in [3.05, 3.63) is 39.8 Å². The highest BCUT2D eigenvalue weighted by atomic mass is 19.1. The molecular weight excluding hydrogens is 403 g/mol. The zero-order valence-electron chi connectivity index (χ0n) is 19.3. The predicted molar refractivity (Wildman–Crippen MR) is 116 cm³/mol. The molecule has 2 aromatic rings. The van der Waals surface area contributed by atoms with Gasteiger partial charge in [0.1, 0.15) is 23.1 Å². The lowest BCUT2D eigenvalue weighted by Crippen LogP contribution is -2.35. The van der Waals surface area contributed by atoms with Crippen molar-refractivity contribution in [3.63, 3.8) is 0 Å². The summed E-state index contributed by atoms with van der Waals surface area (Å²) in [7, 11) is 1.58. The molecule has 1 aromatic heterocycles. The van der Waals surface area contributed by atoms with E-state index in [0.29, 0.717) is 11.7 Å². The minimum absolute atomic E-state index is 0.00906. The summed E-state index contributed by atoms with van der Waals surface area (Å²) in [5, 5.41) is 16.1. The van der Waals surface area contributed by atoms with E-state index in [1.165, 1.54) is 10.6 Å². The van der Waals surface area contributed by atoms with Gasteiger partial charge in [0.05, 0.1) is 18.3 Å². The molecule has 0 aliphatic rings. The third-order valence-corrected chi connectivity index (χ3v) is 4.84. The zero-order valence-corrected chi connectivity index (χ0v) is 19.3. The maximum absolute atomic E-state index is 15.1. The second-order valence-electron chi connectivity index (χ2n) is 8.68. The van der Waals surface area contributed by atoms with E-state index < -0.39 is 23.5 Å². The van der Waals surface area contributed by atoms with Crippen LogP contribution in [0.1, 0.15) is 70.1 Å². The molecule has 0 radical (unpaired) electrons. The number of rotatable bonds is 9. The van der Waals surface area contributed by atoms with Crippen molar-refractivity contribution < 1.29 is 19.0 Å². The van der Waals surface area contributed by atoms with Gasteiger partial charge in [-0.1, -0.05) is 27.7 Å². The van der Waals surface area contributed by atoms with Gasteiger partial charge in [-0.15, -0.1) is 5.10 Å². The lowest BCUT2D eigenvalue weighted by Gasteiger charge is -2.20. The average Bonchev–Trinajstić information content (AvgIpc) is 2.97. The maximum Gasteiger partial charge on any atom is 0.350 e. The number of nitrogens with zero attached hydrogens (tertiary/aromatic N) is 3. The van der Waals surface area contributed by atoms with Crippen LogP contribution < -0.4 is 15.7 Å². The third-order valence-electron chi connectivity index (χ3n) is 4.84. The SMILES string of the molecule is CC(C)C[C@H](C)Oc1cc(-n2nc(C(C)C)n(C)c2=O)c(F)cc1C(=O)N[C@H](C)CO. The third kappa shape index (κ3) is 5.72. The molecular formula is C22H33FN4O4. The molecule has 2 rings (SSSR count). The van der Waals surface area contributed by atoms with Crippen LogP contribution in [0.4, 0.5) is 4.39 Å². The lowest BCUT2D eigenvalue weighted by molar-refractivity contribution is 0.0914. The molecule has 31 heavy (non-hydrogen) atoms. The molecule has 0 unspecified atom stereocenters. The maximum atomic E-state index is 15.1. The highest BCUT2D eigenvalue weighted by molar-refractivity contribution is 5.97. The molecule has 0 saturated heterocycles. The minimum atomic E-state index is -0.777. The zero-order chi connectivity index (χ0) is 23.5. The molecule has 0 aliphatic carbocycles. The summed E-state index contributed by atoms with van der Waals surface area (Å²) in [6.45, 7) is 11.1. The normalized spacial score (nSPS) is 13.5. The highest BCUT2D eigenvalue weighted by Gasteiger charge is 2.23. The summed E-state index contributed by atoms with van der Waals surface area (Å²) in [6, 6.07) is 1.87. The number of amides is 1. The van der Waals surface area contributed by atoms with Crippen molar-refractivity contribution >= 4 is 5.91 Å². The van der Waals surface area contributed by atoms with Crippen LogP contribution in [0.2, 0.25) is 0 Å². The standard InChI is InChI=1S/C22H33FN4O4/c1-12(2)8-15(6)31-19-10-18(27-22(30)26(7)20(25-27)13(3)4)17(23)9-16(19)21(29)24-14(5)11-28/h9-10,12-15,28H,8,11H2,1-7H3,(H,24,29)/t14-,15+/m1/s1. The van der Waals surface area contributed by atoms with Crippen molar-refractivity contribution in [2.45, 2.75) is 66.0 Å². The van der Waals surface area contributed by atoms with Crippen LogP contribution in [0, 0.1) is 11.7 Å². The number of carbonyl (C=O) groups is 1. The first kappa shape index (κ1) is 24.6. The van der Waals surface area contributed by atoms with Crippen LogP contribution in [0.5, 0.6) is 5.75 Å². The van der Waals surface area contributed by atoms with Gasteiger partial charge in [-0.2, -0.15) is 4.68 Å². The number of aliphatic hydroxyl groups excluding tert-OH is 1. The summed E-state index contributed by atoms with van der Waals surface area (Å²) < 4.78 is 23.4. The summed E-state index contributed by atoms with van der Waals surface area (Å²) in [6.07, 6.45) is 0.480. The van der Waals surface area contributed by atoms with Crippen LogP contribution >= 0.6 is 0 Å². The van der Waals surface area contributed by atoms with Crippen molar-refractivity contribution in [3.8, 4) is 11.4 Å². The topological polar surface area (TPSA) is 98.4 Å². The molecule has 0 aliphatic heterocycles. The van der Waals surface area contributed by atoms with E-state index >= 15 is 4.39 Å². The van der Waals surface area contributed by atoms with E-state index in [2.05, 4.69) is 10.4 Å². The summed E-state index contributed by atoms with van der Waals surface area (Å²) in [5.74, 6) is -0.368. The average molecular weight is 437 g/mol. The number of carbonyl (C=O) groups excluding carboxylic acids is 1. The first-order valence-corrected chi connectivity index (χ1v) is 10.5. The second kappa shape index (κ2) is 10.1. The Hall–Kier alpha value is -2.68. The van der Waals surface area contributed by atoms with Gasteiger partial charge in [0.15, 0.2) is 0 Å². The first-order valence-electron chi connectivity index (χ1n) is 10.5. The Labute approximate surface area is 182 Å². The Morgan fingerprint density at radius 2 is 1.87 bits per heavy atom.